The third-order valence-corrected chi connectivity index (χ3v) is 7.14. The maximum atomic E-state index is 14.7. The van der Waals surface area contributed by atoms with Crippen LogP contribution >= 0.6 is 0 Å². The van der Waals surface area contributed by atoms with Crippen molar-refractivity contribution in [2.45, 2.75) is 39.2 Å². The predicted octanol–water partition coefficient (Wildman–Crippen LogP) is 5.57. The molecule has 1 amide bonds. The number of carbonyl (C=O) groups excluding carboxylic acids is 2. The van der Waals surface area contributed by atoms with Gasteiger partial charge >= 0.3 is 11.9 Å². The number of hydrogen-bond acceptors (Lipinski definition) is 9. The summed E-state index contributed by atoms with van der Waals surface area (Å²) in [6.45, 7) is 4.93. The lowest BCUT2D eigenvalue weighted by atomic mass is 10.0. The van der Waals surface area contributed by atoms with Crippen molar-refractivity contribution in [3.8, 4) is 5.88 Å². The van der Waals surface area contributed by atoms with Gasteiger partial charge in [-0.3, -0.25) is 4.79 Å². The number of fused-ring (bicyclic) bond motifs is 1. The average Bonchev–Trinajstić information content (AvgIpc) is 3.00. The summed E-state index contributed by atoms with van der Waals surface area (Å²) in [5.41, 5.74) is 2.97. The number of hydrogen-bond donors (Lipinski definition) is 1. The number of halogens is 2. The highest BCUT2D eigenvalue weighted by Crippen LogP contribution is 2.34. The molecular formula is C32H36F2N6O4. The van der Waals surface area contributed by atoms with Crippen molar-refractivity contribution in [3.63, 3.8) is 0 Å². The molecule has 0 fully saturated rings. The van der Waals surface area contributed by atoms with Gasteiger partial charge < -0.3 is 24.6 Å². The average molecular weight is 607 g/mol. The van der Waals surface area contributed by atoms with Gasteiger partial charge in [0.05, 0.1) is 37.5 Å². The van der Waals surface area contributed by atoms with Crippen molar-refractivity contribution in [3.05, 3.63) is 77.2 Å². The summed E-state index contributed by atoms with van der Waals surface area (Å²) >= 11 is 0. The van der Waals surface area contributed by atoms with E-state index in [4.69, 9.17) is 4.74 Å². The van der Waals surface area contributed by atoms with Crippen molar-refractivity contribution >= 4 is 40.0 Å². The van der Waals surface area contributed by atoms with Crippen LogP contribution in [0.5, 0.6) is 5.88 Å². The Morgan fingerprint density at radius 3 is 2.48 bits per heavy atom. The molecule has 0 saturated heterocycles. The zero-order valence-electron chi connectivity index (χ0n) is 25.8. The highest BCUT2D eigenvalue weighted by atomic mass is 19.3. The first-order valence-corrected chi connectivity index (χ1v) is 14.0. The number of benzene rings is 2. The van der Waals surface area contributed by atoms with E-state index in [1.165, 1.54) is 37.1 Å². The molecule has 0 aliphatic carbocycles. The molecule has 1 unspecified atom stereocenters. The molecule has 2 aromatic carbocycles. The standard InChI is InChI=1S/C32H36F2N6O4/c1-8-44-31(42)32(33,34)23-11-9-10-21(14-23)19(2)36-29-26-17-24(12-13-27(26)37-20(3)38-29)40(6)25-15-22(16-28(41)39(4)5)30(43-7)35-18-25/h9-15,17-19H,8,16H2,1-7H3,(H,36,37,38). The molecule has 0 saturated carbocycles. The number of rotatable bonds is 11. The highest BCUT2D eigenvalue weighted by molar-refractivity contribution is 5.92. The predicted molar refractivity (Wildman–Crippen MR) is 165 cm³/mol. The van der Waals surface area contributed by atoms with Gasteiger partial charge in [0.1, 0.15) is 11.6 Å². The molecule has 2 aromatic heterocycles. The first kappa shape index (κ1) is 32.1. The zero-order chi connectivity index (χ0) is 32.2. The summed E-state index contributed by atoms with van der Waals surface area (Å²) in [5.74, 6) is -4.02. The maximum absolute atomic E-state index is 14.7. The van der Waals surface area contributed by atoms with E-state index in [9.17, 15) is 18.4 Å². The molecule has 1 N–H and O–H groups in total. The number of alkyl halides is 2. The summed E-state index contributed by atoms with van der Waals surface area (Å²) in [6.07, 6.45) is 1.80. The molecule has 12 heteroatoms. The van der Waals surface area contributed by atoms with Crippen molar-refractivity contribution < 1.29 is 27.8 Å². The first-order valence-electron chi connectivity index (χ1n) is 14.0. The van der Waals surface area contributed by atoms with Crippen LogP contribution in [0.1, 0.15) is 42.4 Å². The van der Waals surface area contributed by atoms with Crippen LogP contribution in [0.25, 0.3) is 10.9 Å². The lowest BCUT2D eigenvalue weighted by Gasteiger charge is -2.22. The molecule has 44 heavy (non-hydrogen) atoms. The van der Waals surface area contributed by atoms with Crippen LogP contribution in [0.2, 0.25) is 0 Å². The van der Waals surface area contributed by atoms with Gasteiger partial charge in [0, 0.05) is 49.4 Å². The summed E-state index contributed by atoms with van der Waals surface area (Å²) in [4.78, 5) is 41.3. The largest absolute Gasteiger partial charge is 0.481 e. The number of esters is 1. The molecule has 0 aliphatic rings. The monoisotopic (exact) mass is 606 g/mol. The van der Waals surface area contributed by atoms with Gasteiger partial charge in [0.15, 0.2) is 0 Å². The fourth-order valence-corrected chi connectivity index (χ4v) is 4.63. The Morgan fingerprint density at radius 2 is 1.80 bits per heavy atom. The van der Waals surface area contributed by atoms with Crippen LogP contribution in [0.15, 0.2) is 54.7 Å². The Hall–Kier alpha value is -4.87. The molecule has 0 aliphatic heterocycles. The topological polar surface area (TPSA) is 110 Å². The number of aryl methyl sites for hydroxylation is 1. The third kappa shape index (κ3) is 6.85. The number of nitrogens with one attached hydrogen (secondary N) is 1. The quantitative estimate of drug-likeness (QED) is 0.219. The minimum atomic E-state index is -3.78. The minimum absolute atomic E-state index is 0.0805. The number of aromatic nitrogens is 3. The Balaban J connectivity index is 1.66. The van der Waals surface area contributed by atoms with Crippen molar-refractivity contribution in [2.75, 3.05) is 45.1 Å². The van der Waals surface area contributed by atoms with Crippen molar-refractivity contribution in [1.29, 1.82) is 0 Å². The van der Waals surface area contributed by atoms with Gasteiger partial charge in [-0.2, -0.15) is 8.78 Å². The lowest BCUT2D eigenvalue weighted by Crippen LogP contribution is -2.28. The van der Waals surface area contributed by atoms with Crippen LogP contribution in [0.4, 0.5) is 26.0 Å². The SMILES string of the molecule is CCOC(=O)C(F)(F)c1cccc(C(C)Nc2nc(C)nc3ccc(N(C)c4cnc(OC)c(CC(=O)N(C)C)c4)cc23)c1. The second-order valence-corrected chi connectivity index (χ2v) is 10.5. The third-order valence-electron chi connectivity index (χ3n) is 7.14. The molecule has 10 nitrogen and oxygen atoms in total. The summed E-state index contributed by atoms with van der Waals surface area (Å²) < 4.78 is 39.4. The summed E-state index contributed by atoms with van der Waals surface area (Å²) in [7, 11) is 6.78. The number of nitrogens with zero attached hydrogens (tertiary/aromatic N) is 5. The highest BCUT2D eigenvalue weighted by Gasteiger charge is 2.42. The lowest BCUT2D eigenvalue weighted by molar-refractivity contribution is -0.173. The van der Waals surface area contributed by atoms with Gasteiger partial charge in [-0.05, 0) is 56.7 Å². The van der Waals surface area contributed by atoms with Gasteiger partial charge in [0.2, 0.25) is 11.8 Å². The zero-order valence-corrected chi connectivity index (χ0v) is 25.8. The second-order valence-electron chi connectivity index (χ2n) is 10.5. The summed E-state index contributed by atoms with van der Waals surface area (Å²) in [6, 6.07) is 12.8. The molecule has 4 rings (SSSR count). The smallest absolute Gasteiger partial charge is 0.381 e. The molecule has 0 spiro atoms. The second kappa shape index (κ2) is 13.2. The number of anilines is 3. The fourth-order valence-electron chi connectivity index (χ4n) is 4.63. The van der Waals surface area contributed by atoms with E-state index in [2.05, 4.69) is 25.0 Å². The van der Waals surface area contributed by atoms with Crippen molar-refractivity contribution in [1.82, 2.24) is 19.9 Å². The van der Waals surface area contributed by atoms with Crippen LogP contribution in [0, 0.1) is 6.92 Å². The maximum Gasteiger partial charge on any atom is 0.381 e. The molecule has 232 valence electrons. The Kier molecular flexibility index (Phi) is 9.61. The first-order chi connectivity index (χ1) is 20.8. The van der Waals surface area contributed by atoms with E-state index in [0.717, 1.165) is 11.4 Å². The van der Waals surface area contributed by atoms with Crippen LogP contribution < -0.4 is 15.0 Å². The minimum Gasteiger partial charge on any atom is -0.481 e. The molecule has 0 radical (unpaired) electrons. The van der Waals surface area contributed by atoms with Crippen LogP contribution in [-0.4, -0.2) is 66.6 Å². The number of ether oxygens (including phenoxy) is 2. The Labute approximate surface area is 255 Å². The van der Waals surface area contributed by atoms with E-state index in [1.54, 1.807) is 33.3 Å². The molecule has 1 atom stereocenters. The van der Waals surface area contributed by atoms with Gasteiger partial charge in [-0.1, -0.05) is 18.2 Å². The van der Waals surface area contributed by atoms with Crippen LogP contribution in [0.3, 0.4) is 0 Å². The van der Waals surface area contributed by atoms with Gasteiger partial charge in [0.25, 0.3) is 0 Å². The van der Waals surface area contributed by atoms with E-state index in [1.807, 2.05) is 43.1 Å². The fraction of sp³-hybridized carbons (Fsp3) is 0.344. The molecule has 0 bridgehead atoms. The number of carbonyl (C=O) groups is 2. The van der Waals surface area contributed by atoms with E-state index >= 15 is 0 Å². The van der Waals surface area contributed by atoms with Crippen LogP contribution in [-0.2, 0) is 26.7 Å². The molecule has 2 heterocycles. The Morgan fingerprint density at radius 1 is 1.05 bits per heavy atom. The number of amides is 1. The normalized spacial score (nSPS) is 12.0. The van der Waals surface area contributed by atoms with Gasteiger partial charge in [-0.25, -0.2) is 19.7 Å². The molecular weight excluding hydrogens is 570 g/mol. The number of methoxy groups -OCH3 is 1. The van der Waals surface area contributed by atoms with E-state index in [-0.39, 0.29) is 18.9 Å². The van der Waals surface area contributed by atoms with Gasteiger partial charge in [-0.15, -0.1) is 0 Å². The van der Waals surface area contributed by atoms with Crippen molar-refractivity contribution in [2.24, 2.45) is 0 Å². The summed E-state index contributed by atoms with van der Waals surface area (Å²) in [5, 5.41) is 4.05. The number of pyridine rings is 1. The van der Waals surface area contributed by atoms with E-state index in [0.29, 0.717) is 39.6 Å². The Bertz CT molecular complexity index is 1680. The van der Waals surface area contributed by atoms with E-state index < -0.39 is 23.5 Å². The molecule has 4 aromatic rings. The number of likely N-dealkylation sites (N-methyl/N-ethyl adjacent to an activating group) is 1.